The topological polar surface area (TPSA) is 24.9 Å². The van der Waals surface area contributed by atoms with Crippen molar-refractivity contribution in [2.75, 3.05) is 11.9 Å². The zero-order valence-electron chi connectivity index (χ0n) is 11.3. The fourth-order valence-corrected chi connectivity index (χ4v) is 2.23. The lowest BCUT2D eigenvalue weighted by Gasteiger charge is -2.12. The van der Waals surface area contributed by atoms with Crippen molar-refractivity contribution in [2.45, 2.75) is 19.5 Å². The standard InChI is InChI=1S/C15H14BrF3N2/c1-2-6-20-14-9-11(15(17,18)19)8-13(21-14)10-4-3-5-12(16)7-10/h3-5,7-9H,2,6H2,1H3,(H,20,21). The van der Waals surface area contributed by atoms with Crippen molar-refractivity contribution in [3.8, 4) is 11.3 Å². The Balaban J connectivity index is 2.49. The van der Waals surface area contributed by atoms with E-state index < -0.39 is 11.7 Å². The number of halogens is 4. The SMILES string of the molecule is CCCNc1cc(C(F)(F)F)cc(-c2cccc(Br)c2)n1. The van der Waals surface area contributed by atoms with Gasteiger partial charge in [-0.05, 0) is 30.7 Å². The van der Waals surface area contributed by atoms with Crippen LogP contribution in [-0.4, -0.2) is 11.5 Å². The maximum Gasteiger partial charge on any atom is 0.416 e. The van der Waals surface area contributed by atoms with Gasteiger partial charge in [0.15, 0.2) is 0 Å². The van der Waals surface area contributed by atoms with E-state index in [-0.39, 0.29) is 5.82 Å². The molecule has 0 saturated carbocycles. The minimum absolute atomic E-state index is 0.238. The second-order valence-electron chi connectivity index (χ2n) is 4.56. The molecular weight excluding hydrogens is 345 g/mol. The highest BCUT2D eigenvalue weighted by molar-refractivity contribution is 9.10. The van der Waals surface area contributed by atoms with E-state index >= 15 is 0 Å². The number of nitrogens with zero attached hydrogens (tertiary/aromatic N) is 1. The van der Waals surface area contributed by atoms with E-state index in [2.05, 4.69) is 26.2 Å². The van der Waals surface area contributed by atoms with E-state index in [1.807, 2.05) is 13.0 Å². The zero-order valence-corrected chi connectivity index (χ0v) is 12.9. The van der Waals surface area contributed by atoms with Gasteiger partial charge in [-0.15, -0.1) is 0 Å². The molecule has 0 atom stereocenters. The Bertz CT molecular complexity index is 627. The second-order valence-corrected chi connectivity index (χ2v) is 5.48. The number of pyridine rings is 1. The van der Waals surface area contributed by atoms with Gasteiger partial charge in [-0.2, -0.15) is 13.2 Å². The Labute approximate surface area is 129 Å². The highest BCUT2D eigenvalue weighted by Crippen LogP contribution is 2.33. The minimum Gasteiger partial charge on any atom is -0.370 e. The normalized spacial score (nSPS) is 11.5. The molecule has 1 N–H and O–H groups in total. The number of aromatic nitrogens is 1. The van der Waals surface area contributed by atoms with Crippen molar-refractivity contribution >= 4 is 21.7 Å². The maximum atomic E-state index is 13.0. The maximum absolute atomic E-state index is 13.0. The van der Waals surface area contributed by atoms with Gasteiger partial charge >= 0.3 is 6.18 Å². The molecule has 2 nitrogen and oxygen atoms in total. The molecule has 1 heterocycles. The number of rotatable bonds is 4. The third-order valence-corrected chi connectivity index (χ3v) is 3.32. The van der Waals surface area contributed by atoms with Crippen LogP contribution in [0.25, 0.3) is 11.3 Å². The fourth-order valence-electron chi connectivity index (χ4n) is 1.83. The molecule has 0 saturated heterocycles. The molecule has 0 aliphatic rings. The van der Waals surface area contributed by atoms with E-state index in [1.165, 1.54) is 0 Å². The van der Waals surface area contributed by atoms with Gasteiger partial charge in [0.25, 0.3) is 0 Å². The van der Waals surface area contributed by atoms with E-state index in [9.17, 15) is 13.2 Å². The van der Waals surface area contributed by atoms with Crippen LogP contribution in [0.1, 0.15) is 18.9 Å². The highest BCUT2D eigenvalue weighted by Gasteiger charge is 2.31. The third kappa shape index (κ3) is 4.20. The summed E-state index contributed by atoms with van der Waals surface area (Å²) in [6, 6.07) is 9.16. The first-order valence-electron chi connectivity index (χ1n) is 6.49. The highest BCUT2D eigenvalue weighted by atomic mass is 79.9. The fraction of sp³-hybridized carbons (Fsp3) is 0.267. The molecule has 1 aromatic heterocycles. The average Bonchev–Trinajstić information content (AvgIpc) is 2.44. The number of hydrogen-bond acceptors (Lipinski definition) is 2. The lowest BCUT2D eigenvalue weighted by molar-refractivity contribution is -0.137. The molecular formula is C15H14BrF3N2. The van der Waals surface area contributed by atoms with Crippen LogP contribution in [0.2, 0.25) is 0 Å². The molecule has 0 spiro atoms. The number of nitrogens with one attached hydrogen (secondary N) is 1. The second kappa shape index (κ2) is 6.47. The number of alkyl halides is 3. The van der Waals surface area contributed by atoms with Crippen LogP contribution in [0.3, 0.4) is 0 Å². The Hall–Kier alpha value is -1.56. The van der Waals surface area contributed by atoms with Crippen LogP contribution in [0.15, 0.2) is 40.9 Å². The van der Waals surface area contributed by atoms with Gasteiger partial charge in [0.05, 0.1) is 11.3 Å². The minimum atomic E-state index is -4.40. The summed E-state index contributed by atoms with van der Waals surface area (Å²) in [5.41, 5.74) is 0.228. The molecule has 0 radical (unpaired) electrons. The smallest absolute Gasteiger partial charge is 0.370 e. The summed E-state index contributed by atoms with van der Waals surface area (Å²) in [5.74, 6) is 0.238. The summed E-state index contributed by atoms with van der Waals surface area (Å²) in [7, 11) is 0. The van der Waals surface area contributed by atoms with Gasteiger partial charge < -0.3 is 5.32 Å². The summed E-state index contributed by atoms with van der Waals surface area (Å²) in [5, 5.41) is 2.91. The molecule has 0 amide bonds. The number of hydrogen-bond donors (Lipinski definition) is 1. The predicted octanol–water partition coefficient (Wildman–Crippen LogP) is 5.35. The van der Waals surface area contributed by atoms with Crippen molar-refractivity contribution in [2.24, 2.45) is 0 Å². The number of benzene rings is 1. The first-order chi connectivity index (χ1) is 9.90. The van der Waals surface area contributed by atoms with Crippen LogP contribution in [-0.2, 0) is 6.18 Å². The molecule has 112 valence electrons. The van der Waals surface area contributed by atoms with Crippen LogP contribution in [0.5, 0.6) is 0 Å². The van der Waals surface area contributed by atoms with Crippen molar-refractivity contribution in [3.63, 3.8) is 0 Å². The monoisotopic (exact) mass is 358 g/mol. The molecule has 21 heavy (non-hydrogen) atoms. The van der Waals surface area contributed by atoms with Crippen molar-refractivity contribution in [1.29, 1.82) is 0 Å². The van der Waals surface area contributed by atoms with Crippen molar-refractivity contribution in [1.82, 2.24) is 4.98 Å². The van der Waals surface area contributed by atoms with Gasteiger partial charge in [0, 0.05) is 16.6 Å². The molecule has 0 fully saturated rings. The van der Waals surface area contributed by atoms with Crippen LogP contribution in [0.4, 0.5) is 19.0 Å². The summed E-state index contributed by atoms with van der Waals surface area (Å²) in [6.07, 6.45) is -3.59. The summed E-state index contributed by atoms with van der Waals surface area (Å²) >= 11 is 3.31. The first kappa shape index (κ1) is 15.8. The Morgan fingerprint density at radius 1 is 1.19 bits per heavy atom. The van der Waals surface area contributed by atoms with Gasteiger partial charge in [-0.25, -0.2) is 4.98 Å². The van der Waals surface area contributed by atoms with E-state index in [1.54, 1.807) is 18.2 Å². The van der Waals surface area contributed by atoms with Gasteiger partial charge in [-0.3, -0.25) is 0 Å². The van der Waals surface area contributed by atoms with E-state index in [0.717, 1.165) is 23.0 Å². The Morgan fingerprint density at radius 2 is 1.95 bits per heavy atom. The molecule has 0 aliphatic carbocycles. The molecule has 0 unspecified atom stereocenters. The summed E-state index contributed by atoms with van der Waals surface area (Å²) in [6.45, 7) is 2.52. The van der Waals surface area contributed by atoms with E-state index in [0.29, 0.717) is 17.8 Å². The lowest BCUT2D eigenvalue weighted by atomic mass is 10.1. The van der Waals surface area contributed by atoms with E-state index in [4.69, 9.17) is 0 Å². The zero-order chi connectivity index (χ0) is 15.5. The number of anilines is 1. The quantitative estimate of drug-likeness (QED) is 0.796. The predicted molar refractivity (Wildman–Crippen MR) is 81.2 cm³/mol. The molecule has 0 aliphatic heterocycles. The molecule has 2 rings (SSSR count). The van der Waals surface area contributed by atoms with Crippen LogP contribution < -0.4 is 5.32 Å². The lowest BCUT2D eigenvalue weighted by Crippen LogP contribution is -2.09. The summed E-state index contributed by atoms with van der Waals surface area (Å²) < 4.78 is 39.8. The molecule has 2 aromatic rings. The molecule has 6 heteroatoms. The first-order valence-corrected chi connectivity index (χ1v) is 7.28. The van der Waals surface area contributed by atoms with Crippen LogP contribution >= 0.6 is 15.9 Å². The Morgan fingerprint density at radius 3 is 2.57 bits per heavy atom. The van der Waals surface area contributed by atoms with Gasteiger partial charge in [0.1, 0.15) is 5.82 Å². The van der Waals surface area contributed by atoms with Crippen molar-refractivity contribution in [3.05, 3.63) is 46.4 Å². The van der Waals surface area contributed by atoms with Gasteiger partial charge in [0.2, 0.25) is 0 Å². The average molecular weight is 359 g/mol. The molecule has 1 aromatic carbocycles. The van der Waals surface area contributed by atoms with Crippen LogP contribution in [0, 0.1) is 0 Å². The summed E-state index contributed by atoms with van der Waals surface area (Å²) in [4.78, 5) is 4.26. The van der Waals surface area contributed by atoms with Gasteiger partial charge in [-0.1, -0.05) is 35.0 Å². The largest absolute Gasteiger partial charge is 0.416 e. The third-order valence-electron chi connectivity index (χ3n) is 2.83. The van der Waals surface area contributed by atoms with Crippen molar-refractivity contribution < 1.29 is 13.2 Å². The molecule has 0 bridgehead atoms. The Kier molecular flexibility index (Phi) is 4.88.